The lowest BCUT2D eigenvalue weighted by Gasteiger charge is -2.27. The van der Waals surface area contributed by atoms with Gasteiger partial charge in [0, 0.05) is 26.5 Å². The van der Waals surface area contributed by atoms with Crippen molar-refractivity contribution in [1.82, 2.24) is 4.90 Å². The molecule has 28 heavy (non-hydrogen) atoms. The first-order chi connectivity index (χ1) is 13.4. The molecule has 3 aliphatic rings. The number of carbonyl (C=O) groups excluding carboxylic acids is 3. The Labute approximate surface area is 166 Å². The number of carbonyl (C=O) groups is 3. The summed E-state index contributed by atoms with van der Waals surface area (Å²) in [4.78, 5) is 40.2. The van der Waals surface area contributed by atoms with E-state index in [1.54, 1.807) is 12.0 Å². The van der Waals surface area contributed by atoms with Gasteiger partial charge in [-0.1, -0.05) is 25.0 Å². The molecule has 7 heteroatoms. The van der Waals surface area contributed by atoms with Crippen molar-refractivity contribution in [1.29, 1.82) is 0 Å². The molecule has 3 rings (SSSR count). The van der Waals surface area contributed by atoms with Gasteiger partial charge in [-0.2, -0.15) is 0 Å². The SMILES string of the molecule is COC(=O)C12CC(=O)C3CC(OC)CN3C(=O)C(N)CCCCC/C=C\C1C2. The van der Waals surface area contributed by atoms with Gasteiger partial charge in [-0.05, 0) is 31.6 Å². The fourth-order valence-electron chi connectivity index (χ4n) is 4.65. The van der Waals surface area contributed by atoms with Crippen molar-refractivity contribution in [3.05, 3.63) is 12.2 Å². The second kappa shape index (κ2) is 8.74. The van der Waals surface area contributed by atoms with E-state index in [2.05, 4.69) is 12.2 Å². The van der Waals surface area contributed by atoms with Gasteiger partial charge in [0.2, 0.25) is 5.91 Å². The Bertz CT molecular complexity index is 649. The van der Waals surface area contributed by atoms with Gasteiger partial charge in [-0.25, -0.2) is 0 Å². The van der Waals surface area contributed by atoms with Gasteiger partial charge in [0.15, 0.2) is 5.78 Å². The Hall–Kier alpha value is -1.73. The number of hydrogen-bond acceptors (Lipinski definition) is 6. The standard InChI is InChI=1S/C21H32N2O5/c1-27-15-10-17-18(24)12-21(20(26)28-2)11-14(21)8-6-4-3-5-7-9-16(22)19(25)23(17)13-15/h6,8,14-17H,3-5,7,9-13,22H2,1-2H3/b8-6-. The molecule has 2 fully saturated rings. The number of fused-ring (bicyclic) bond motifs is 2. The highest BCUT2D eigenvalue weighted by atomic mass is 16.5. The summed E-state index contributed by atoms with van der Waals surface area (Å²) < 4.78 is 10.4. The van der Waals surface area contributed by atoms with Crippen molar-refractivity contribution in [2.24, 2.45) is 17.1 Å². The van der Waals surface area contributed by atoms with Gasteiger partial charge in [-0.15, -0.1) is 0 Å². The average Bonchev–Trinajstić information content (AvgIpc) is 3.20. The van der Waals surface area contributed by atoms with Crippen molar-refractivity contribution in [3.63, 3.8) is 0 Å². The lowest BCUT2D eigenvalue weighted by molar-refractivity contribution is -0.150. The molecule has 7 nitrogen and oxygen atoms in total. The minimum absolute atomic E-state index is 0.0278. The monoisotopic (exact) mass is 392 g/mol. The van der Waals surface area contributed by atoms with Crippen molar-refractivity contribution in [2.45, 2.75) is 69.6 Å². The fourth-order valence-corrected chi connectivity index (χ4v) is 4.65. The molecule has 1 amide bonds. The third-order valence-electron chi connectivity index (χ3n) is 6.54. The molecule has 5 atom stereocenters. The summed E-state index contributed by atoms with van der Waals surface area (Å²) in [5.41, 5.74) is 5.36. The number of nitrogens with two attached hydrogens (primary N) is 1. The summed E-state index contributed by atoms with van der Waals surface area (Å²) in [5.74, 6) is -0.600. The smallest absolute Gasteiger partial charge is 0.312 e. The zero-order valence-electron chi connectivity index (χ0n) is 16.9. The van der Waals surface area contributed by atoms with E-state index < -0.39 is 17.5 Å². The summed E-state index contributed by atoms with van der Waals surface area (Å²) in [6.07, 6.45) is 9.59. The van der Waals surface area contributed by atoms with Crippen LogP contribution in [-0.2, 0) is 23.9 Å². The Morgan fingerprint density at radius 2 is 2.04 bits per heavy atom. The van der Waals surface area contributed by atoms with Crippen LogP contribution in [0.15, 0.2) is 12.2 Å². The molecular weight excluding hydrogens is 360 g/mol. The number of ketones is 1. The highest BCUT2D eigenvalue weighted by Crippen LogP contribution is 2.57. The summed E-state index contributed by atoms with van der Waals surface area (Å²) in [6, 6.07) is -1.18. The van der Waals surface area contributed by atoms with Crippen LogP contribution in [0.4, 0.5) is 0 Å². The maximum absolute atomic E-state index is 13.2. The van der Waals surface area contributed by atoms with Gasteiger partial charge in [0.1, 0.15) is 0 Å². The van der Waals surface area contributed by atoms with E-state index in [0.29, 0.717) is 25.8 Å². The van der Waals surface area contributed by atoms with Gasteiger partial charge in [0.05, 0.1) is 30.7 Å². The van der Waals surface area contributed by atoms with E-state index in [1.807, 2.05) is 0 Å². The van der Waals surface area contributed by atoms with Crippen LogP contribution in [0.3, 0.4) is 0 Å². The van der Waals surface area contributed by atoms with Crippen LogP contribution < -0.4 is 5.73 Å². The average molecular weight is 392 g/mol. The number of methoxy groups -OCH3 is 2. The number of Topliss-reactive ketones (excluding diaryl/α,β-unsaturated/α-hetero) is 1. The maximum atomic E-state index is 13.2. The molecule has 156 valence electrons. The fraction of sp³-hybridized carbons (Fsp3) is 0.762. The van der Waals surface area contributed by atoms with E-state index in [1.165, 1.54) is 7.11 Å². The highest BCUT2D eigenvalue weighted by molar-refractivity contribution is 5.95. The molecule has 2 N–H and O–H groups in total. The number of allylic oxidation sites excluding steroid dienone is 2. The lowest BCUT2D eigenvalue weighted by Crippen LogP contribution is -2.49. The van der Waals surface area contributed by atoms with E-state index in [4.69, 9.17) is 15.2 Å². The van der Waals surface area contributed by atoms with Crippen LogP contribution in [0.2, 0.25) is 0 Å². The van der Waals surface area contributed by atoms with Crippen LogP contribution in [-0.4, -0.2) is 61.5 Å². The summed E-state index contributed by atoms with van der Waals surface area (Å²) >= 11 is 0. The van der Waals surface area contributed by atoms with Crippen LogP contribution in [0, 0.1) is 11.3 Å². The van der Waals surface area contributed by atoms with Crippen molar-refractivity contribution >= 4 is 17.7 Å². The summed E-state index contributed by atoms with van der Waals surface area (Å²) in [7, 11) is 2.95. The molecule has 5 unspecified atom stereocenters. The van der Waals surface area contributed by atoms with Crippen molar-refractivity contribution < 1.29 is 23.9 Å². The van der Waals surface area contributed by atoms with Gasteiger partial charge in [-0.3, -0.25) is 14.4 Å². The maximum Gasteiger partial charge on any atom is 0.312 e. The third kappa shape index (κ3) is 4.15. The molecule has 1 saturated heterocycles. The Morgan fingerprint density at radius 3 is 2.75 bits per heavy atom. The molecule has 2 heterocycles. The number of nitrogens with zero attached hydrogens (tertiary/aromatic N) is 1. The molecule has 0 spiro atoms. The normalized spacial score (nSPS) is 38.0. The minimum atomic E-state index is -0.787. The van der Waals surface area contributed by atoms with Crippen LogP contribution in [0.1, 0.15) is 51.4 Å². The number of amides is 1. The van der Waals surface area contributed by atoms with Gasteiger partial charge < -0.3 is 20.1 Å². The highest BCUT2D eigenvalue weighted by Gasteiger charge is 2.61. The van der Waals surface area contributed by atoms with E-state index in [0.717, 1.165) is 25.7 Å². The van der Waals surface area contributed by atoms with Gasteiger partial charge >= 0.3 is 5.97 Å². The zero-order valence-corrected chi connectivity index (χ0v) is 16.9. The predicted molar refractivity (Wildman–Crippen MR) is 103 cm³/mol. The molecular formula is C21H32N2O5. The number of esters is 1. The van der Waals surface area contributed by atoms with Crippen molar-refractivity contribution in [3.8, 4) is 0 Å². The Balaban J connectivity index is 1.85. The topological polar surface area (TPSA) is 98.9 Å². The molecule has 0 aromatic rings. The number of ether oxygens (including phenoxy) is 2. The molecule has 1 aliphatic carbocycles. The largest absolute Gasteiger partial charge is 0.469 e. The minimum Gasteiger partial charge on any atom is -0.469 e. The van der Waals surface area contributed by atoms with E-state index >= 15 is 0 Å². The second-order valence-corrected chi connectivity index (χ2v) is 8.37. The van der Waals surface area contributed by atoms with Crippen LogP contribution in [0.5, 0.6) is 0 Å². The van der Waals surface area contributed by atoms with Crippen molar-refractivity contribution in [2.75, 3.05) is 20.8 Å². The number of rotatable bonds is 2. The first kappa shape index (κ1) is 21.0. The first-order valence-electron chi connectivity index (χ1n) is 10.3. The molecule has 1 saturated carbocycles. The van der Waals surface area contributed by atoms with Crippen LogP contribution >= 0.6 is 0 Å². The number of hydrogen-bond donors (Lipinski definition) is 1. The molecule has 2 aliphatic heterocycles. The van der Waals surface area contributed by atoms with Gasteiger partial charge in [0.25, 0.3) is 0 Å². The second-order valence-electron chi connectivity index (χ2n) is 8.37. The molecule has 0 radical (unpaired) electrons. The first-order valence-corrected chi connectivity index (χ1v) is 10.3. The van der Waals surface area contributed by atoms with Crippen LogP contribution in [0.25, 0.3) is 0 Å². The summed E-state index contributed by atoms with van der Waals surface area (Å²) in [6.45, 7) is 0.369. The Kier molecular flexibility index (Phi) is 6.55. The zero-order chi connectivity index (χ0) is 20.3. The van der Waals surface area contributed by atoms with E-state index in [-0.39, 0.29) is 36.1 Å². The predicted octanol–water partition coefficient (Wildman–Crippen LogP) is 1.59. The summed E-state index contributed by atoms with van der Waals surface area (Å²) in [5, 5.41) is 0. The van der Waals surface area contributed by atoms with E-state index in [9.17, 15) is 14.4 Å². The Morgan fingerprint density at radius 1 is 1.25 bits per heavy atom. The quantitative estimate of drug-likeness (QED) is 0.566. The molecule has 0 aromatic carbocycles. The third-order valence-corrected chi connectivity index (χ3v) is 6.54. The molecule has 0 bridgehead atoms. The molecule has 0 aromatic heterocycles. The lowest BCUT2D eigenvalue weighted by atomic mass is 9.92.